The molecule has 196 valence electrons. The fourth-order valence-corrected chi connectivity index (χ4v) is 3.54. The van der Waals surface area contributed by atoms with Gasteiger partial charge in [0.15, 0.2) is 6.61 Å². The zero-order valence-corrected chi connectivity index (χ0v) is 21.7. The van der Waals surface area contributed by atoms with Crippen molar-refractivity contribution in [3.63, 3.8) is 0 Å². The van der Waals surface area contributed by atoms with Gasteiger partial charge in [-0.15, -0.1) is 0 Å². The lowest BCUT2D eigenvalue weighted by molar-refractivity contribution is -0.123. The van der Waals surface area contributed by atoms with Crippen molar-refractivity contribution in [2.45, 2.75) is 0 Å². The number of hydrazone groups is 1. The number of amides is 1. The number of benzene rings is 4. The lowest BCUT2D eigenvalue weighted by Crippen LogP contribution is -2.24. The third-order valence-electron chi connectivity index (χ3n) is 5.09. The second kappa shape index (κ2) is 13.2. The summed E-state index contributed by atoms with van der Waals surface area (Å²) in [6.45, 7) is -0.373. The van der Waals surface area contributed by atoms with E-state index in [2.05, 4.69) is 10.5 Å². The highest BCUT2D eigenvalue weighted by atomic mass is 35.5. The third kappa shape index (κ3) is 7.67. The van der Waals surface area contributed by atoms with Crippen LogP contribution in [0.3, 0.4) is 0 Å². The lowest BCUT2D eigenvalue weighted by atomic mass is 10.2. The van der Waals surface area contributed by atoms with Gasteiger partial charge in [0.25, 0.3) is 5.91 Å². The number of carbonyl (C=O) groups is 3. The van der Waals surface area contributed by atoms with Crippen molar-refractivity contribution in [1.29, 1.82) is 0 Å². The molecule has 0 aliphatic rings. The SMILES string of the molecule is O=C(COc1cccc(Cl)c1Cl)N/N=C\c1ccc(OC(=O)c2ccccc2)cc1OC(=O)c1ccccc1. The van der Waals surface area contributed by atoms with Gasteiger partial charge in [0.05, 0.1) is 22.4 Å². The third-order valence-corrected chi connectivity index (χ3v) is 5.89. The summed E-state index contributed by atoms with van der Waals surface area (Å²) in [5.41, 5.74) is 3.32. The maximum atomic E-state index is 12.7. The number of halogens is 2. The Bertz CT molecular complexity index is 1510. The summed E-state index contributed by atoms with van der Waals surface area (Å²) in [4.78, 5) is 37.4. The topological polar surface area (TPSA) is 103 Å². The molecule has 8 nitrogen and oxygen atoms in total. The molecule has 39 heavy (non-hydrogen) atoms. The summed E-state index contributed by atoms with van der Waals surface area (Å²) in [6.07, 6.45) is 1.28. The maximum absolute atomic E-state index is 12.7. The van der Waals surface area contributed by atoms with E-state index in [1.807, 2.05) is 0 Å². The van der Waals surface area contributed by atoms with Gasteiger partial charge in [0.1, 0.15) is 22.3 Å². The molecule has 4 aromatic rings. The van der Waals surface area contributed by atoms with Gasteiger partial charge in [-0.2, -0.15) is 5.10 Å². The first kappa shape index (κ1) is 27.4. The van der Waals surface area contributed by atoms with Crippen LogP contribution in [0, 0.1) is 0 Å². The molecule has 0 radical (unpaired) electrons. The van der Waals surface area contributed by atoms with Gasteiger partial charge in [-0.3, -0.25) is 4.79 Å². The van der Waals surface area contributed by atoms with E-state index in [4.69, 9.17) is 37.4 Å². The van der Waals surface area contributed by atoms with Crippen molar-refractivity contribution < 1.29 is 28.6 Å². The fraction of sp³-hybridized carbons (Fsp3) is 0.0345. The van der Waals surface area contributed by atoms with Gasteiger partial charge < -0.3 is 14.2 Å². The number of ether oxygens (including phenoxy) is 3. The molecule has 0 aliphatic carbocycles. The summed E-state index contributed by atoms with van der Waals surface area (Å²) in [6, 6.07) is 26.0. The monoisotopic (exact) mass is 562 g/mol. The van der Waals surface area contributed by atoms with Crippen LogP contribution >= 0.6 is 23.2 Å². The number of nitrogens with zero attached hydrogens (tertiary/aromatic N) is 1. The van der Waals surface area contributed by atoms with E-state index in [1.165, 1.54) is 24.4 Å². The Kier molecular flexibility index (Phi) is 9.29. The van der Waals surface area contributed by atoms with E-state index in [-0.39, 0.29) is 28.9 Å². The molecule has 0 aromatic heterocycles. The van der Waals surface area contributed by atoms with Crippen LogP contribution in [0.15, 0.2) is 102 Å². The first-order valence-corrected chi connectivity index (χ1v) is 12.2. The highest BCUT2D eigenvalue weighted by Crippen LogP contribution is 2.31. The Morgan fingerprint density at radius 3 is 2.05 bits per heavy atom. The number of nitrogens with one attached hydrogen (secondary N) is 1. The molecular weight excluding hydrogens is 543 g/mol. The van der Waals surface area contributed by atoms with Gasteiger partial charge in [-0.25, -0.2) is 15.0 Å². The van der Waals surface area contributed by atoms with Crippen molar-refractivity contribution in [1.82, 2.24) is 5.43 Å². The number of hydrogen-bond acceptors (Lipinski definition) is 7. The molecule has 0 unspecified atom stereocenters. The Hall–Kier alpha value is -4.66. The first-order chi connectivity index (χ1) is 18.9. The van der Waals surface area contributed by atoms with Crippen LogP contribution in [0.5, 0.6) is 17.2 Å². The molecule has 4 aromatic carbocycles. The van der Waals surface area contributed by atoms with Gasteiger partial charge in [0, 0.05) is 11.6 Å². The van der Waals surface area contributed by atoms with Gasteiger partial charge in [-0.1, -0.05) is 65.7 Å². The quantitative estimate of drug-likeness (QED) is 0.117. The molecule has 1 N–H and O–H groups in total. The highest BCUT2D eigenvalue weighted by molar-refractivity contribution is 6.42. The lowest BCUT2D eigenvalue weighted by Gasteiger charge is -2.11. The summed E-state index contributed by atoms with van der Waals surface area (Å²) >= 11 is 12.0. The van der Waals surface area contributed by atoms with E-state index in [9.17, 15) is 14.4 Å². The number of carbonyl (C=O) groups excluding carboxylic acids is 3. The van der Waals surface area contributed by atoms with E-state index in [0.717, 1.165) is 0 Å². The van der Waals surface area contributed by atoms with Crippen LogP contribution in [0.1, 0.15) is 26.3 Å². The largest absolute Gasteiger partial charge is 0.482 e. The zero-order valence-electron chi connectivity index (χ0n) is 20.2. The van der Waals surface area contributed by atoms with Crippen molar-refractivity contribution in [3.8, 4) is 17.2 Å². The average Bonchev–Trinajstić information content (AvgIpc) is 2.96. The van der Waals surface area contributed by atoms with Gasteiger partial charge in [-0.05, 0) is 48.5 Å². The van der Waals surface area contributed by atoms with Crippen LogP contribution in [0.4, 0.5) is 0 Å². The molecule has 0 spiro atoms. The number of hydrogen-bond donors (Lipinski definition) is 1. The summed E-state index contributed by atoms with van der Waals surface area (Å²) in [7, 11) is 0. The molecule has 0 fully saturated rings. The van der Waals surface area contributed by atoms with Crippen LogP contribution in [0.2, 0.25) is 10.0 Å². The molecule has 4 rings (SSSR count). The number of rotatable bonds is 9. The zero-order chi connectivity index (χ0) is 27.6. The number of esters is 2. The molecule has 0 saturated heterocycles. The smallest absolute Gasteiger partial charge is 0.343 e. The summed E-state index contributed by atoms with van der Waals surface area (Å²) in [5, 5.41) is 4.39. The van der Waals surface area contributed by atoms with Crippen LogP contribution in [0.25, 0.3) is 0 Å². The molecule has 0 atom stereocenters. The molecule has 0 bridgehead atoms. The predicted octanol–water partition coefficient (Wildman–Crippen LogP) is 5.96. The van der Waals surface area contributed by atoms with Crippen LogP contribution < -0.4 is 19.6 Å². The Balaban J connectivity index is 1.47. The predicted molar refractivity (Wildman–Crippen MR) is 147 cm³/mol. The normalized spacial score (nSPS) is 10.6. The van der Waals surface area contributed by atoms with E-state index in [1.54, 1.807) is 78.9 Å². The van der Waals surface area contributed by atoms with Crippen LogP contribution in [-0.2, 0) is 4.79 Å². The Labute approximate surface area is 233 Å². The maximum Gasteiger partial charge on any atom is 0.343 e. The molecule has 0 aliphatic heterocycles. The molecule has 0 saturated carbocycles. The molecule has 10 heteroatoms. The minimum absolute atomic E-state index is 0.0576. The second-order valence-corrected chi connectivity index (χ2v) is 8.63. The van der Waals surface area contributed by atoms with E-state index in [0.29, 0.717) is 21.7 Å². The summed E-state index contributed by atoms with van der Waals surface area (Å²) in [5.74, 6) is -1.33. The van der Waals surface area contributed by atoms with Crippen molar-refractivity contribution in [2.75, 3.05) is 6.61 Å². The van der Waals surface area contributed by atoms with E-state index < -0.39 is 17.8 Å². The van der Waals surface area contributed by atoms with Crippen LogP contribution in [-0.4, -0.2) is 30.7 Å². The van der Waals surface area contributed by atoms with E-state index >= 15 is 0 Å². The van der Waals surface area contributed by atoms with Crippen molar-refractivity contribution >= 4 is 47.3 Å². The fourth-order valence-electron chi connectivity index (χ4n) is 3.19. The molecule has 0 heterocycles. The van der Waals surface area contributed by atoms with Gasteiger partial charge in [0.2, 0.25) is 0 Å². The minimum Gasteiger partial charge on any atom is -0.482 e. The first-order valence-electron chi connectivity index (χ1n) is 11.5. The summed E-state index contributed by atoms with van der Waals surface area (Å²) < 4.78 is 16.4. The molecule has 1 amide bonds. The minimum atomic E-state index is -0.632. The van der Waals surface area contributed by atoms with Crippen molar-refractivity contribution in [2.24, 2.45) is 5.10 Å². The Morgan fingerprint density at radius 1 is 0.744 bits per heavy atom. The van der Waals surface area contributed by atoms with Gasteiger partial charge >= 0.3 is 11.9 Å². The van der Waals surface area contributed by atoms with Crippen molar-refractivity contribution in [3.05, 3.63) is 124 Å². The second-order valence-electron chi connectivity index (χ2n) is 7.84. The Morgan fingerprint density at radius 2 is 1.38 bits per heavy atom. The molecular formula is C29H20Cl2N2O6. The average molecular weight is 563 g/mol. The highest BCUT2D eigenvalue weighted by Gasteiger charge is 2.15. The standard InChI is InChI=1S/C29H20Cl2N2O6/c30-23-12-7-13-24(27(23)31)37-18-26(34)33-32-17-21-14-15-22(38-28(35)19-8-3-1-4-9-19)16-25(21)39-29(36)20-10-5-2-6-11-20/h1-17H,18H2,(H,33,34)/b32-17-.